The summed E-state index contributed by atoms with van der Waals surface area (Å²) in [5, 5.41) is 9.86. The monoisotopic (exact) mass is 433 g/mol. The van der Waals surface area contributed by atoms with E-state index in [0.717, 1.165) is 53.2 Å². The van der Waals surface area contributed by atoms with Crippen molar-refractivity contribution in [2.75, 3.05) is 18.0 Å². The van der Waals surface area contributed by atoms with Gasteiger partial charge in [0.15, 0.2) is 5.65 Å². The van der Waals surface area contributed by atoms with Gasteiger partial charge in [0.1, 0.15) is 11.3 Å². The summed E-state index contributed by atoms with van der Waals surface area (Å²) in [5.41, 5.74) is 10.6. The van der Waals surface area contributed by atoms with Gasteiger partial charge in [0, 0.05) is 29.8 Å². The predicted octanol–water partition coefficient (Wildman–Crippen LogP) is -0.324. The van der Waals surface area contributed by atoms with Crippen molar-refractivity contribution in [2.24, 2.45) is 0 Å². The highest BCUT2D eigenvalue weighted by Crippen LogP contribution is 2.33. The van der Waals surface area contributed by atoms with Gasteiger partial charge in [0.25, 0.3) is 0 Å². The number of pyridine rings is 1. The Balaban J connectivity index is 0.00000231. The molecule has 3 heterocycles. The van der Waals surface area contributed by atoms with Gasteiger partial charge in [-0.3, -0.25) is 0 Å². The molecule has 7 heteroatoms. The summed E-state index contributed by atoms with van der Waals surface area (Å²) in [4.78, 5) is 16.4. The molecule has 1 unspecified atom stereocenters. The van der Waals surface area contributed by atoms with Crippen LogP contribution in [-0.2, 0) is 6.54 Å². The third kappa shape index (κ3) is 4.23. The maximum absolute atomic E-state index is 9.86. The molecule has 6 nitrogen and oxygen atoms in total. The lowest BCUT2D eigenvalue weighted by Gasteiger charge is -2.17. The number of benzene rings is 2. The van der Waals surface area contributed by atoms with Gasteiger partial charge in [-0.05, 0) is 18.1 Å². The molecule has 2 aromatic heterocycles. The number of aliphatic hydroxyl groups is 1. The molecular weight excluding hydrogens is 410 g/mol. The molecule has 1 fully saturated rings. The fourth-order valence-corrected chi connectivity index (χ4v) is 3.92. The van der Waals surface area contributed by atoms with Crippen LogP contribution in [0.15, 0.2) is 66.9 Å². The van der Waals surface area contributed by atoms with E-state index in [-0.39, 0.29) is 18.5 Å². The summed E-state index contributed by atoms with van der Waals surface area (Å²) < 4.78 is 0. The Hall–Kier alpha value is -3.06. The van der Waals surface area contributed by atoms with E-state index in [4.69, 9.17) is 9.97 Å². The van der Waals surface area contributed by atoms with Crippen LogP contribution in [0, 0.1) is 0 Å². The van der Waals surface area contributed by atoms with Crippen LogP contribution in [-0.4, -0.2) is 39.3 Å². The minimum Gasteiger partial charge on any atom is -1.00 e. The van der Waals surface area contributed by atoms with Crippen molar-refractivity contribution in [1.29, 1.82) is 0 Å². The molecule has 1 atom stereocenters. The Labute approximate surface area is 187 Å². The standard InChI is InChI=1S/C24H23N5O.ClH/c25-13-16-6-8-18(9-7-16)23-20(17-4-2-1-3-5-17)12-21-24(28-23)27-22(14-26-21)29-11-10-19(30)15-29;/h1-9,12,14,19,30H,10-11,13,15,25H2;1H. The molecule has 0 aliphatic carbocycles. The normalized spacial score (nSPS) is 15.8. The summed E-state index contributed by atoms with van der Waals surface area (Å²) in [6.45, 7) is 2.12. The number of aliphatic hydroxyl groups excluding tert-OH is 1. The van der Waals surface area contributed by atoms with Gasteiger partial charge < -0.3 is 28.1 Å². The van der Waals surface area contributed by atoms with Gasteiger partial charge in [-0.2, -0.15) is 0 Å². The van der Waals surface area contributed by atoms with Gasteiger partial charge in [-0.25, -0.2) is 15.0 Å². The van der Waals surface area contributed by atoms with E-state index < -0.39 is 0 Å². The van der Waals surface area contributed by atoms with Crippen molar-refractivity contribution < 1.29 is 23.2 Å². The third-order valence-corrected chi connectivity index (χ3v) is 5.61. The Morgan fingerprint density at radius 1 is 1.00 bits per heavy atom. The van der Waals surface area contributed by atoms with Crippen LogP contribution in [0.2, 0.25) is 0 Å². The van der Waals surface area contributed by atoms with Crippen LogP contribution in [0.25, 0.3) is 33.5 Å². The number of fused-ring (bicyclic) bond motifs is 1. The summed E-state index contributed by atoms with van der Waals surface area (Å²) in [7, 11) is 0. The summed E-state index contributed by atoms with van der Waals surface area (Å²) in [6, 6.07) is 20.7. The number of hydrogen-bond acceptors (Lipinski definition) is 5. The molecule has 4 N–H and O–H groups in total. The van der Waals surface area contributed by atoms with Crippen molar-refractivity contribution in [3.63, 3.8) is 0 Å². The molecule has 1 saturated heterocycles. The molecule has 5 rings (SSSR count). The van der Waals surface area contributed by atoms with E-state index >= 15 is 0 Å². The summed E-state index contributed by atoms with van der Waals surface area (Å²) in [5.74, 6) is 0.761. The quantitative estimate of drug-likeness (QED) is 0.460. The molecule has 0 bridgehead atoms. The van der Waals surface area contributed by atoms with E-state index in [0.29, 0.717) is 12.2 Å². The van der Waals surface area contributed by atoms with E-state index in [9.17, 15) is 5.11 Å². The topological polar surface area (TPSA) is 89.8 Å². The predicted molar refractivity (Wildman–Crippen MR) is 118 cm³/mol. The van der Waals surface area contributed by atoms with Crippen LogP contribution >= 0.6 is 0 Å². The van der Waals surface area contributed by atoms with Crippen molar-refractivity contribution in [3.8, 4) is 22.4 Å². The average Bonchev–Trinajstić information content (AvgIpc) is 3.25. The molecule has 2 aromatic carbocycles. The molecule has 1 aliphatic heterocycles. The smallest absolute Gasteiger partial charge is 0.180 e. The first-order valence-electron chi connectivity index (χ1n) is 10.3. The highest BCUT2D eigenvalue weighted by Gasteiger charge is 2.22. The molecular formula is C24H24ClN5O. The number of halogens is 1. The van der Waals surface area contributed by atoms with Gasteiger partial charge in [0.2, 0.25) is 0 Å². The first-order valence-corrected chi connectivity index (χ1v) is 10.3. The van der Waals surface area contributed by atoms with Crippen LogP contribution in [0.4, 0.5) is 5.82 Å². The van der Waals surface area contributed by atoms with Crippen LogP contribution in [0.5, 0.6) is 0 Å². The van der Waals surface area contributed by atoms with Crippen LogP contribution < -0.4 is 23.0 Å². The zero-order valence-corrected chi connectivity index (χ0v) is 17.8. The average molecular weight is 434 g/mol. The van der Waals surface area contributed by atoms with Gasteiger partial charge in [0.05, 0.1) is 24.5 Å². The first kappa shape index (κ1) is 21.2. The Morgan fingerprint density at radius 2 is 1.77 bits per heavy atom. The first-order chi connectivity index (χ1) is 14.7. The second-order valence-corrected chi connectivity index (χ2v) is 7.66. The zero-order chi connectivity index (χ0) is 20.5. The summed E-state index contributed by atoms with van der Waals surface area (Å²) >= 11 is 0. The van der Waals surface area contributed by atoms with Crippen molar-refractivity contribution in [1.82, 2.24) is 15.0 Å². The van der Waals surface area contributed by atoms with Crippen LogP contribution in [0.1, 0.15) is 12.0 Å². The largest absolute Gasteiger partial charge is 1.00 e. The van der Waals surface area contributed by atoms with Gasteiger partial charge >= 0.3 is 0 Å². The van der Waals surface area contributed by atoms with Gasteiger partial charge in [-0.15, -0.1) is 0 Å². The molecule has 4 aromatic rings. The maximum atomic E-state index is 9.86. The van der Waals surface area contributed by atoms with Crippen molar-refractivity contribution in [2.45, 2.75) is 19.1 Å². The van der Waals surface area contributed by atoms with E-state index in [2.05, 4.69) is 58.1 Å². The molecule has 1 aliphatic rings. The van der Waals surface area contributed by atoms with Gasteiger partial charge in [-0.1, -0.05) is 54.6 Å². The highest BCUT2D eigenvalue weighted by molar-refractivity contribution is 5.88. The van der Waals surface area contributed by atoms with E-state index in [1.807, 2.05) is 18.2 Å². The van der Waals surface area contributed by atoms with Crippen LogP contribution in [0.3, 0.4) is 0 Å². The Kier molecular flexibility index (Phi) is 6.13. The van der Waals surface area contributed by atoms with E-state index in [1.165, 1.54) is 5.56 Å². The number of rotatable bonds is 4. The maximum Gasteiger partial charge on any atom is 0.180 e. The fraction of sp³-hybridized carbons (Fsp3) is 0.208. The lowest BCUT2D eigenvalue weighted by molar-refractivity contribution is -0.386. The number of anilines is 1. The second-order valence-electron chi connectivity index (χ2n) is 7.66. The Morgan fingerprint density at radius 3 is 2.45 bits per heavy atom. The summed E-state index contributed by atoms with van der Waals surface area (Å²) in [6.07, 6.45) is 2.22. The molecule has 0 spiro atoms. The number of hydrogen-bond donors (Lipinski definition) is 2. The third-order valence-electron chi connectivity index (χ3n) is 5.61. The Bertz CT molecular complexity index is 1180. The minimum atomic E-state index is -0.307. The minimum absolute atomic E-state index is 0. The second kappa shape index (κ2) is 8.98. The zero-order valence-electron chi connectivity index (χ0n) is 17.1. The molecule has 0 amide bonds. The SMILES string of the molecule is [Cl-].[NH3+]Cc1ccc(-c2nc3nc(N4CCC(O)C4)cnc3cc2-c2ccccc2)cc1. The van der Waals surface area contributed by atoms with Crippen molar-refractivity contribution >= 4 is 17.0 Å². The lowest BCUT2D eigenvalue weighted by Crippen LogP contribution is -3.00. The highest BCUT2D eigenvalue weighted by atomic mass is 35.5. The number of nitrogens with zero attached hydrogens (tertiary/aromatic N) is 4. The lowest BCUT2D eigenvalue weighted by atomic mass is 9.98. The van der Waals surface area contributed by atoms with Crippen molar-refractivity contribution in [3.05, 3.63) is 72.4 Å². The number of β-amino-alcohol motifs (C(OH)–C–C–N with tert-alkyl or cyclic N) is 1. The molecule has 158 valence electrons. The fourth-order valence-electron chi connectivity index (χ4n) is 3.92. The number of quaternary nitrogens is 1. The molecule has 0 radical (unpaired) electrons. The molecule has 0 saturated carbocycles. The molecule has 31 heavy (non-hydrogen) atoms. The van der Waals surface area contributed by atoms with E-state index in [1.54, 1.807) is 6.20 Å². The number of aromatic nitrogens is 3.